The number of para-hydroxylation sites is 1. The highest BCUT2D eigenvalue weighted by Gasteiger charge is 2.11. The van der Waals surface area contributed by atoms with Gasteiger partial charge in [0.15, 0.2) is 6.61 Å². The standard InChI is InChI=1S/C20H23NO3/c1-15(2)17-10-6-7-11-18(17)21-19(22)14-24-20(23)13-12-16-8-4-3-5-9-16/h3-11,15H,12-14H2,1-2H3,(H,21,22). The van der Waals surface area contributed by atoms with Crippen LogP contribution in [0.1, 0.15) is 37.3 Å². The Morgan fingerprint density at radius 2 is 1.67 bits per heavy atom. The van der Waals surface area contributed by atoms with Crippen LogP contribution < -0.4 is 5.32 Å². The zero-order valence-electron chi connectivity index (χ0n) is 14.1. The summed E-state index contributed by atoms with van der Waals surface area (Å²) in [5, 5.41) is 2.80. The molecular weight excluding hydrogens is 302 g/mol. The number of aryl methyl sites for hydroxylation is 1. The van der Waals surface area contributed by atoms with E-state index in [-0.39, 0.29) is 24.9 Å². The highest BCUT2D eigenvalue weighted by molar-refractivity contribution is 5.93. The molecule has 2 rings (SSSR count). The van der Waals surface area contributed by atoms with Gasteiger partial charge in [0.25, 0.3) is 5.91 Å². The lowest BCUT2D eigenvalue weighted by atomic mass is 10.0. The van der Waals surface area contributed by atoms with E-state index in [2.05, 4.69) is 19.2 Å². The third kappa shape index (κ3) is 5.54. The molecule has 2 aromatic rings. The number of anilines is 1. The van der Waals surface area contributed by atoms with Crippen LogP contribution in [0.5, 0.6) is 0 Å². The third-order valence-corrected chi connectivity index (χ3v) is 3.68. The van der Waals surface area contributed by atoms with Crippen LogP contribution in [0.25, 0.3) is 0 Å². The highest BCUT2D eigenvalue weighted by Crippen LogP contribution is 2.23. The molecule has 0 bridgehead atoms. The summed E-state index contributed by atoms with van der Waals surface area (Å²) in [6.45, 7) is 3.86. The number of benzene rings is 2. The summed E-state index contributed by atoms with van der Waals surface area (Å²) in [6, 6.07) is 17.4. The topological polar surface area (TPSA) is 55.4 Å². The number of amides is 1. The summed E-state index contributed by atoms with van der Waals surface area (Å²) in [5.41, 5.74) is 2.89. The molecule has 0 radical (unpaired) electrons. The highest BCUT2D eigenvalue weighted by atomic mass is 16.5. The van der Waals surface area contributed by atoms with E-state index in [1.54, 1.807) is 0 Å². The minimum Gasteiger partial charge on any atom is -0.456 e. The number of esters is 1. The lowest BCUT2D eigenvalue weighted by Crippen LogP contribution is -2.21. The van der Waals surface area contributed by atoms with Crippen molar-refractivity contribution in [2.75, 3.05) is 11.9 Å². The van der Waals surface area contributed by atoms with E-state index in [9.17, 15) is 9.59 Å². The van der Waals surface area contributed by atoms with Crippen LogP contribution >= 0.6 is 0 Å². The van der Waals surface area contributed by atoms with Gasteiger partial charge in [0.1, 0.15) is 0 Å². The van der Waals surface area contributed by atoms with Crippen molar-refractivity contribution in [2.24, 2.45) is 0 Å². The Labute approximate surface area is 142 Å². The van der Waals surface area contributed by atoms with Crippen LogP contribution in [0, 0.1) is 0 Å². The van der Waals surface area contributed by atoms with E-state index in [0.717, 1.165) is 16.8 Å². The van der Waals surface area contributed by atoms with E-state index < -0.39 is 0 Å². The van der Waals surface area contributed by atoms with Gasteiger partial charge < -0.3 is 10.1 Å². The minimum atomic E-state index is -0.369. The second-order valence-electron chi connectivity index (χ2n) is 5.94. The van der Waals surface area contributed by atoms with E-state index in [0.29, 0.717) is 12.3 Å². The molecule has 0 heterocycles. The van der Waals surface area contributed by atoms with Crippen LogP contribution in [0.15, 0.2) is 54.6 Å². The zero-order chi connectivity index (χ0) is 17.4. The van der Waals surface area contributed by atoms with Crippen LogP contribution in [0.4, 0.5) is 5.69 Å². The minimum absolute atomic E-state index is 0.264. The van der Waals surface area contributed by atoms with Gasteiger partial charge in [-0.05, 0) is 29.5 Å². The SMILES string of the molecule is CC(C)c1ccccc1NC(=O)COC(=O)CCc1ccccc1. The molecule has 0 unspecified atom stereocenters. The number of carbonyl (C=O) groups excluding carboxylic acids is 2. The van der Waals surface area contributed by atoms with E-state index >= 15 is 0 Å². The lowest BCUT2D eigenvalue weighted by Gasteiger charge is -2.13. The van der Waals surface area contributed by atoms with Crippen molar-refractivity contribution in [3.63, 3.8) is 0 Å². The molecule has 4 nitrogen and oxygen atoms in total. The monoisotopic (exact) mass is 325 g/mol. The molecule has 0 fully saturated rings. The van der Waals surface area contributed by atoms with Crippen molar-refractivity contribution in [3.8, 4) is 0 Å². The van der Waals surface area contributed by atoms with E-state index in [4.69, 9.17) is 4.74 Å². The summed E-state index contributed by atoms with van der Waals surface area (Å²) >= 11 is 0. The first-order valence-electron chi connectivity index (χ1n) is 8.14. The van der Waals surface area contributed by atoms with Gasteiger partial charge in [-0.3, -0.25) is 9.59 Å². The fourth-order valence-corrected chi connectivity index (χ4v) is 2.41. The molecule has 0 saturated carbocycles. The van der Waals surface area contributed by atoms with Crippen LogP contribution in [0.3, 0.4) is 0 Å². The Kier molecular flexibility index (Phi) is 6.55. The Morgan fingerprint density at radius 1 is 1.00 bits per heavy atom. The second-order valence-corrected chi connectivity index (χ2v) is 5.94. The summed E-state index contributed by atoms with van der Waals surface area (Å²) in [6.07, 6.45) is 0.872. The fourth-order valence-electron chi connectivity index (χ4n) is 2.41. The molecule has 4 heteroatoms. The maximum atomic E-state index is 12.0. The Morgan fingerprint density at radius 3 is 2.38 bits per heavy atom. The largest absolute Gasteiger partial charge is 0.456 e. The third-order valence-electron chi connectivity index (χ3n) is 3.68. The molecule has 2 aromatic carbocycles. The van der Waals surface area contributed by atoms with Gasteiger partial charge in [0, 0.05) is 12.1 Å². The van der Waals surface area contributed by atoms with Gasteiger partial charge in [-0.2, -0.15) is 0 Å². The maximum absolute atomic E-state index is 12.0. The first-order valence-corrected chi connectivity index (χ1v) is 8.14. The maximum Gasteiger partial charge on any atom is 0.306 e. The van der Waals surface area contributed by atoms with Crippen LogP contribution in [-0.4, -0.2) is 18.5 Å². The first kappa shape index (κ1) is 17.7. The van der Waals surface area contributed by atoms with E-state index in [1.807, 2.05) is 54.6 Å². The molecule has 0 aliphatic heterocycles. The molecule has 0 aromatic heterocycles. The average Bonchev–Trinajstić information content (AvgIpc) is 2.59. The average molecular weight is 325 g/mol. The molecule has 1 N–H and O–H groups in total. The van der Waals surface area contributed by atoms with Gasteiger partial charge in [-0.15, -0.1) is 0 Å². The van der Waals surface area contributed by atoms with Crippen molar-refractivity contribution in [2.45, 2.75) is 32.6 Å². The van der Waals surface area contributed by atoms with Crippen molar-refractivity contribution in [3.05, 3.63) is 65.7 Å². The van der Waals surface area contributed by atoms with Crippen molar-refractivity contribution < 1.29 is 14.3 Å². The van der Waals surface area contributed by atoms with Crippen LogP contribution in [0.2, 0.25) is 0 Å². The quantitative estimate of drug-likeness (QED) is 0.785. The summed E-state index contributed by atoms with van der Waals surface area (Å²) in [5.74, 6) is -0.391. The zero-order valence-corrected chi connectivity index (χ0v) is 14.1. The van der Waals surface area contributed by atoms with E-state index in [1.165, 1.54) is 0 Å². The van der Waals surface area contributed by atoms with Gasteiger partial charge in [-0.1, -0.05) is 62.4 Å². The molecular formula is C20H23NO3. The molecule has 0 aliphatic rings. The Balaban J connectivity index is 1.78. The number of ether oxygens (including phenoxy) is 1. The molecule has 0 saturated heterocycles. The second kappa shape index (κ2) is 8.87. The molecule has 24 heavy (non-hydrogen) atoms. The van der Waals surface area contributed by atoms with Gasteiger partial charge in [0.2, 0.25) is 0 Å². The van der Waals surface area contributed by atoms with Crippen LogP contribution in [-0.2, 0) is 20.7 Å². The smallest absolute Gasteiger partial charge is 0.306 e. The number of hydrogen-bond donors (Lipinski definition) is 1. The molecule has 0 aliphatic carbocycles. The van der Waals surface area contributed by atoms with Crippen molar-refractivity contribution in [1.29, 1.82) is 0 Å². The number of nitrogens with one attached hydrogen (secondary N) is 1. The van der Waals surface area contributed by atoms with Crippen molar-refractivity contribution in [1.82, 2.24) is 0 Å². The number of rotatable bonds is 7. The number of carbonyl (C=O) groups is 2. The predicted molar refractivity (Wildman–Crippen MR) is 94.9 cm³/mol. The van der Waals surface area contributed by atoms with Crippen molar-refractivity contribution >= 4 is 17.6 Å². The van der Waals surface area contributed by atoms with Gasteiger partial charge >= 0.3 is 5.97 Å². The summed E-state index contributed by atoms with van der Waals surface area (Å²) in [7, 11) is 0. The Hall–Kier alpha value is -2.62. The predicted octanol–water partition coefficient (Wildman–Crippen LogP) is 3.92. The summed E-state index contributed by atoms with van der Waals surface area (Å²) in [4.78, 5) is 23.7. The van der Waals surface area contributed by atoms with Gasteiger partial charge in [-0.25, -0.2) is 0 Å². The first-order chi connectivity index (χ1) is 11.6. The molecule has 0 atom stereocenters. The summed E-state index contributed by atoms with van der Waals surface area (Å²) < 4.78 is 5.05. The fraction of sp³-hybridized carbons (Fsp3) is 0.300. The molecule has 1 amide bonds. The van der Waals surface area contributed by atoms with Gasteiger partial charge in [0.05, 0.1) is 0 Å². The number of hydrogen-bond acceptors (Lipinski definition) is 3. The Bertz CT molecular complexity index is 680. The normalized spacial score (nSPS) is 10.5. The molecule has 126 valence electrons. The molecule has 0 spiro atoms. The lowest BCUT2D eigenvalue weighted by molar-refractivity contribution is -0.147.